The highest BCUT2D eigenvalue weighted by molar-refractivity contribution is 6.35. The van der Waals surface area contributed by atoms with Crippen LogP contribution in [0.2, 0.25) is 0 Å². The molecule has 2 aliphatic rings. The van der Waals surface area contributed by atoms with Crippen LogP contribution in [0.15, 0.2) is 78.9 Å². The number of carbonyl (C=O) groups is 5. The summed E-state index contributed by atoms with van der Waals surface area (Å²) >= 11 is 0. The molecule has 0 spiro atoms. The summed E-state index contributed by atoms with van der Waals surface area (Å²) < 4.78 is 5.53. The van der Waals surface area contributed by atoms with Gasteiger partial charge in [0.05, 0.1) is 22.4 Å². The van der Waals surface area contributed by atoms with Crippen molar-refractivity contribution in [3.8, 4) is 42.8 Å². The highest BCUT2D eigenvalue weighted by Gasteiger charge is 2.42. The molecule has 0 N–H and O–H groups in total. The van der Waals surface area contributed by atoms with Gasteiger partial charge in [-0.1, -0.05) is 23.8 Å². The summed E-state index contributed by atoms with van der Waals surface area (Å²) in [4.78, 5) is 68.2. The van der Waals surface area contributed by atoms with Gasteiger partial charge >= 0.3 is 5.97 Å². The van der Waals surface area contributed by atoms with Gasteiger partial charge in [0.15, 0.2) is 11.6 Å². The monoisotopic (exact) mass is 559 g/mol. The van der Waals surface area contributed by atoms with Crippen LogP contribution in [0.1, 0.15) is 80.0 Å². The zero-order valence-corrected chi connectivity index (χ0v) is 22.2. The van der Waals surface area contributed by atoms with Gasteiger partial charge < -0.3 is 4.74 Å². The maximum atomic E-state index is 13.5. The Morgan fingerprint density at radius 2 is 1.26 bits per heavy atom. The Hall–Kier alpha value is -6.49. The second-order valence-electron chi connectivity index (χ2n) is 9.79. The van der Waals surface area contributed by atoms with Crippen molar-refractivity contribution < 1.29 is 28.7 Å². The Morgan fingerprint density at radius 3 is 1.95 bits per heavy atom. The number of Topliss-reactive ketones (excluding diaryl/α,β-unsaturated/α-hetero) is 2. The van der Waals surface area contributed by atoms with Crippen LogP contribution in [0.25, 0.3) is 0 Å². The molecule has 1 unspecified atom stereocenters. The molecule has 0 fully saturated rings. The van der Waals surface area contributed by atoms with E-state index < -0.39 is 35.3 Å². The lowest BCUT2D eigenvalue weighted by Crippen LogP contribution is -2.30. The molecule has 0 aromatic heterocycles. The molecule has 1 heterocycles. The van der Waals surface area contributed by atoms with Gasteiger partial charge in [0, 0.05) is 27.8 Å². The van der Waals surface area contributed by atoms with Crippen LogP contribution >= 0.6 is 0 Å². The van der Waals surface area contributed by atoms with Crippen molar-refractivity contribution in [2.75, 3.05) is 4.90 Å². The van der Waals surface area contributed by atoms with E-state index in [1.54, 1.807) is 18.2 Å². The van der Waals surface area contributed by atoms with Crippen molar-refractivity contribution in [3.63, 3.8) is 0 Å². The Labute approximate surface area is 246 Å². The lowest BCUT2D eigenvalue weighted by molar-refractivity contribution is 0.0731. The number of imide groups is 1. The number of amides is 2. The number of hydrogen-bond acceptors (Lipinski definition) is 6. The fourth-order valence-corrected chi connectivity index (χ4v) is 5.21. The van der Waals surface area contributed by atoms with E-state index in [0.717, 1.165) is 4.90 Å². The first kappa shape index (κ1) is 26.7. The number of rotatable bonds is 4. The zero-order valence-electron chi connectivity index (χ0n) is 22.2. The number of terminal acetylenes is 3. The first-order valence-corrected chi connectivity index (χ1v) is 12.9. The highest BCUT2D eigenvalue weighted by Crippen LogP contribution is 2.38. The Morgan fingerprint density at radius 1 is 0.651 bits per heavy atom. The Bertz CT molecular complexity index is 1990. The molecule has 0 saturated heterocycles. The van der Waals surface area contributed by atoms with Gasteiger partial charge in [-0.2, -0.15) is 0 Å². The van der Waals surface area contributed by atoms with Crippen molar-refractivity contribution >= 4 is 35.0 Å². The lowest BCUT2D eigenvalue weighted by Gasteiger charge is -2.18. The van der Waals surface area contributed by atoms with Crippen LogP contribution in [0.5, 0.6) is 5.75 Å². The van der Waals surface area contributed by atoms with Crippen molar-refractivity contribution in [1.82, 2.24) is 0 Å². The lowest BCUT2D eigenvalue weighted by atomic mass is 9.92. The molecule has 0 radical (unpaired) electrons. The number of nitrogens with zero attached hydrogens (tertiary/aromatic N) is 1. The van der Waals surface area contributed by atoms with Gasteiger partial charge in [-0.15, -0.1) is 19.3 Å². The molecule has 4 aromatic rings. The van der Waals surface area contributed by atoms with Crippen molar-refractivity contribution in [1.29, 1.82) is 0 Å². The van der Waals surface area contributed by atoms with Crippen LogP contribution in [0.4, 0.5) is 5.69 Å². The minimum Gasteiger partial charge on any atom is -0.423 e. The van der Waals surface area contributed by atoms with E-state index in [2.05, 4.69) is 17.8 Å². The van der Waals surface area contributed by atoms with E-state index in [0.29, 0.717) is 16.7 Å². The van der Waals surface area contributed by atoms with Crippen molar-refractivity contribution in [2.45, 2.75) is 5.92 Å². The highest BCUT2D eigenvalue weighted by atomic mass is 16.5. The predicted octanol–water partition coefficient (Wildman–Crippen LogP) is 4.81. The molecule has 7 heteroatoms. The maximum absolute atomic E-state index is 13.5. The third kappa shape index (κ3) is 4.37. The molecule has 2 amide bonds. The fourth-order valence-electron chi connectivity index (χ4n) is 5.21. The zero-order chi connectivity index (χ0) is 30.4. The average molecular weight is 560 g/mol. The molecular formula is C36H17NO6. The molecule has 0 saturated carbocycles. The molecule has 1 atom stereocenters. The summed E-state index contributed by atoms with van der Waals surface area (Å²) in [6.45, 7) is 0. The van der Waals surface area contributed by atoms with E-state index in [1.807, 2.05) is 0 Å². The van der Waals surface area contributed by atoms with E-state index in [1.165, 1.54) is 60.7 Å². The van der Waals surface area contributed by atoms with Gasteiger partial charge in [0.1, 0.15) is 11.7 Å². The molecular weight excluding hydrogens is 542 g/mol. The Kier molecular flexibility index (Phi) is 6.31. The van der Waals surface area contributed by atoms with Crippen molar-refractivity contribution in [2.24, 2.45) is 0 Å². The van der Waals surface area contributed by atoms with Gasteiger partial charge in [-0.25, -0.2) is 9.69 Å². The van der Waals surface area contributed by atoms with Gasteiger partial charge in [0.25, 0.3) is 11.8 Å². The number of anilines is 1. The fraction of sp³-hybridized carbons (Fsp3) is 0.0278. The summed E-state index contributed by atoms with van der Waals surface area (Å²) in [5.74, 6) is 2.89. The summed E-state index contributed by atoms with van der Waals surface area (Å²) in [5, 5.41) is 0. The topological polar surface area (TPSA) is 97.8 Å². The van der Waals surface area contributed by atoms with Crippen molar-refractivity contribution in [3.05, 3.63) is 129 Å². The van der Waals surface area contributed by atoms with Crippen LogP contribution in [-0.4, -0.2) is 29.4 Å². The molecule has 0 bridgehead atoms. The molecule has 4 aromatic carbocycles. The van der Waals surface area contributed by atoms with E-state index in [-0.39, 0.29) is 44.8 Å². The number of fused-ring (bicyclic) bond motifs is 2. The minimum absolute atomic E-state index is 0.0313. The number of ketones is 2. The van der Waals surface area contributed by atoms with Crippen LogP contribution in [0.3, 0.4) is 0 Å². The smallest absolute Gasteiger partial charge is 0.343 e. The summed E-state index contributed by atoms with van der Waals surface area (Å²) in [5.41, 5.74) is 1.78. The number of benzene rings is 4. The minimum atomic E-state index is -1.34. The summed E-state index contributed by atoms with van der Waals surface area (Å²) in [6, 6.07) is 19.2. The van der Waals surface area contributed by atoms with E-state index >= 15 is 0 Å². The summed E-state index contributed by atoms with van der Waals surface area (Å²) in [6.07, 6.45) is 16.4. The summed E-state index contributed by atoms with van der Waals surface area (Å²) in [7, 11) is 0. The number of ether oxygens (including phenoxy) is 1. The Balaban J connectivity index is 1.47. The third-order valence-corrected chi connectivity index (χ3v) is 7.27. The van der Waals surface area contributed by atoms with Crippen LogP contribution in [0, 0.1) is 37.0 Å². The molecule has 7 nitrogen and oxygen atoms in total. The third-order valence-electron chi connectivity index (χ3n) is 7.27. The second-order valence-corrected chi connectivity index (χ2v) is 9.79. The standard InChI is InChI=1S/C36H17NO6/c1-4-20-8-7-9-26(14-20)43-36(42)24-17-23(31-32(38)27-12-10-21(5-2)15-29(27)33(31)39)18-25(19-24)37-34(40)28-13-11-22(6-3)16-30(28)35(37)41/h1-3,7-19,31H. The molecule has 1 aliphatic heterocycles. The first-order chi connectivity index (χ1) is 20.7. The predicted molar refractivity (Wildman–Crippen MR) is 157 cm³/mol. The van der Waals surface area contributed by atoms with E-state index in [9.17, 15) is 24.0 Å². The quantitative estimate of drug-likeness (QED) is 0.117. The van der Waals surface area contributed by atoms with Gasteiger partial charge in [-0.3, -0.25) is 19.2 Å². The number of esters is 1. The van der Waals surface area contributed by atoms with E-state index in [4.69, 9.17) is 24.0 Å². The van der Waals surface area contributed by atoms with Crippen LogP contribution in [-0.2, 0) is 0 Å². The SMILES string of the molecule is C#Cc1cccc(OC(=O)c2cc(C3C(=O)c4ccc(C#C)cc4C3=O)cc(N3C(=O)c4ccc(C#C)cc4C3=O)c2)c1. The second kappa shape index (κ2) is 10.2. The molecule has 6 rings (SSSR count). The van der Waals surface area contributed by atoms with Gasteiger partial charge in [0.2, 0.25) is 0 Å². The first-order valence-electron chi connectivity index (χ1n) is 12.9. The molecule has 43 heavy (non-hydrogen) atoms. The maximum Gasteiger partial charge on any atom is 0.343 e. The average Bonchev–Trinajstić information content (AvgIpc) is 3.43. The number of hydrogen-bond donors (Lipinski definition) is 0. The molecule has 1 aliphatic carbocycles. The van der Waals surface area contributed by atoms with Gasteiger partial charge in [-0.05, 0) is 78.4 Å². The molecule has 202 valence electrons. The van der Waals surface area contributed by atoms with Crippen LogP contribution < -0.4 is 9.64 Å². The largest absolute Gasteiger partial charge is 0.423 e. The normalized spacial score (nSPS) is 14.9. The number of carbonyl (C=O) groups excluding carboxylic acids is 5.